The van der Waals surface area contributed by atoms with Crippen LogP contribution in [0.1, 0.15) is 38.2 Å². The molecule has 4 heteroatoms. The molecule has 4 atom stereocenters. The Labute approximate surface area is 126 Å². The van der Waals surface area contributed by atoms with Gasteiger partial charge in [-0.1, -0.05) is 50.6 Å². The lowest BCUT2D eigenvalue weighted by molar-refractivity contribution is 0.114. The lowest BCUT2D eigenvalue weighted by Crippen LogP contribution is -2.42. The molecule has 1 saturated carbocycles. The average Bonchev–Trinajstić information content (AvgIpc) is 3.30. The van der Waals surface area contributed by atoms with Gasteiger partial charge in [0.1, 0.15) is 0 Å². The fraction of sp³-hybridized carbons (Fsp3) is 0.588. The van der Waals surface area contributed by atoms with Crippen LogP contribution in [-0.2, 0) is 0 Å². The minimum atomic E-state index is -0.473. The van der Waals surface area contributed by atoms with Crippen molar-refractivity contribution in [1.82, 2.24) is 10.6 Å². The first-order chi connectivity index (χ1) is 10.1. The van der Waals surface area contributed by atoms with E-state index in [-0.39, 0.29) is 11.9 Å². The Morgan fingerprint density at radius 3 is 2.71 bits per heavy atom. The predicted molar refractivity (Wildman–Crippen MR) is 84.2 cm³/mol. The first-order valence-corrected chi connectivity index (χ1v) is 7.86. The topological polar surface area (TPSA) is 61.4 Å². The highest BCUT2D eigenvalue weighted by atomic mass is 16.3. The Morgan fingerprint density at radius 1 is 1.33 bits per heavy atom. The fourth-order valence-corrected chi connectivity index (χ4v) is 2.54. The van der Waals surface area contributed by atoms with E-state index < -0.39 is 6.10 Å². The Bertz CT molecular complexity index is 449. The SMILES string of the molecule is CCC(C)C(O)CNC(=O)NCC1CC1c1ccccc1. The summed E-state index contributed by atoms with van der Waals surface area (Å²) in [6, 6.07) is 10.2. The molecule has 0 saturated heterocycles. The standard InChI is InChI=1S/C17H26N2O2/c1-3-12(2)16(20)11-19-17(21)18-10-14-9-15(14)13-7-5-4-6-8-13/h4-8,12,14-16,20H,3,9-11H2,1-2H3,(H2,18,19,21). The highest BCUT2D eigenvalue weighted by Crippen LogP contribution is 2.46. The number of carbonyl (C=O) groups is 1. The van der Waals surface area contributed by atoms with Gasteiger partial charge in [-0.3, -0.25) is 0 Å². The van der Waals surface area contributed by atoms with Gasteiger partial charge >= 0.3 is 6.03 Å². The van der Waals surface area contributed by atoms with E-state index in [9.17, 15) is 9.90 Å². The van der Waals surface area contributed by atoms with E-state index >= 15 is 0 Å². The summed E-state index contributed by atoms with van der Waals surface area (Å²) in [7, 11) is 0. The minimum absolute atomic E-state index is 0.184. The molecule has 1 fully saturated rings. The molecule has 4 nitrogen and oxygen atoms in total. The molecule has 0 aliphatic heterocycles. The molecule has 0 heterocycles. The third kappa shape index (κ3) is 4.74. The van der Waals surface area contributed by atoms with Gasteiger partial charge in [0.25, 0.3) is 0 Å². The summed E-state index contributed by atoms with van der Waals surface area (Å²) in [5, 5.41) is 15.4. The van der Waals surface area contributed by atoms with Crippen LogP contribution in [0.5, 0.6) is 0 Å². The number of amides is 2. The number of urea groups is 1. The number of rotatable bonds is 7. The van der Waals surface area contributed by atoms with E-state index in [1.54, 1.807) is 0 Å². The predicted octanol–water partition coefficient (Wildman–Crippen LogP) is 2.50. The Morgan fingerprint density at radius 2 is 2.05 bits per heavy atom. The first kappa shape index (κ1) is 15.8. The maximum Gasteiger partial charge on any atom is 0.314 e. The van der Waals surface area contributed by atoms with Gasteiger partial charge in [0.05, 0.1) is 6.10 Å². The highest BCUT2D eigenvalue weighted by Gasteiger charge is 2.37. The van der Waals surface area contributed by atoms with Crippen molar-refractivity contribution in [2.45, 2.75) is 38.7 Å². The van der Waals surface area contributed by atoms with Crippen LogP contribution < -0.4 is 10.6 Å². The largest absolute Gasteiger partial charge is 0.391 e. The monoisotopic (exact) mass is 290 g/mol. The first-order valence-electron chi connectivity index (χ1n) is 7.86. The zero-order valence-corrected chi connectivity index (χ0v) is 12.9. The molecule has 1 aromatic rings. The molecule has 0 aromatic heterocycles. The fourth-order valence-electron chi connectivity index (χ4n) is 2.54. The maximum absolute atomic E-state index is 11.7. The van der Waals surface area contributed by atoms with Crippen molar-refractivity contribution < 1.29 is 9.90 Å². The Hall–Kier alpha value is -1.55. The third-order valence-electron chi connectivity index (χ3n) is 4.45. The number of nitrogens with one attached hydrogen (secondary N) is 2. The summed E-state index contributed by atoms with van der Waals surface area (Å²) < 4.78 is 0. The van der Waals surface area contributed by atoms with Crippen molar-refractivity contribution in [3.05, 3.63) is 35.9 Å². The van der Waals surface area contributed by atoms with E-state index in [1.165, 1.54) is 5.56 Å². The molecule has 21 heavy (non-hydrogen) atoms. The second kappa shape index (κ2) is 7.46. The summed E-state index contributed by atoms with van der Waals surface area (Å²) in [6.07, 6.45) is 1.57. The molecule has 1 aliphatic carbocycles. The van der Waals surface area contributed by atoms with Gasteiger partial charge in [0.15, 0.2) is 0 Å². The van der Waals surface area contributed by atoms with Gasteiger partial charge in [-0.2, -0.15) is 0 Å². The second-order valence-electron chi connectivity index (χ2n) is 6.06. The van der Waals surface area contributed by atoms with Crippen molar-refractivity contribution in [2.75, 3.05) is 13.1 Å². The van der Waals surface area contributed by atoms with Gasteiger partial charge in [0, 0.05) is 13.1 Å². The smallest absolute Gasteiger partial charge is 0.314 e. The van der Waals surface area contributed by atoms with E-state index in [0.29, 0.717) is 24.9 Å². The lowest BCUT2D eigenvalue weighted by Gasteiger charge is -2.17. The van der Waals surface area contributed by atoms with E-state index in [0.717, 1.165) is 12.8 Å². The van der Waals surface area contributed by atoms with Crippen molar-refractivity contribution in [3.8, 4) is 0 Å². The van der Waals surface area contributed by atoms with Crippen molar-refractivity contribution in [3.63, 3.8) is 0 Å². The normalized spacial score (nSPS) is 23.2. The quantitative estimate of drug-likeness (QED) is 0.722. The zero-order chi connectivity index (χ0) is 15.2. The molecule has 2 amide bonds. The molecule has 2 rings (SSSR count). The van der Waals surface area contributed by atoms with Crippen LogP contribution in [0.2, 0.25) is 0 Å². The minimum Gasteiger partial charge on any atom is -0.391 e. The lowest BCUT2D eigenvalue weighted by atomic mass is 10.0. The number of carbonyl (C=O) groups excluding carboxylic acids is 1. The van der Waals surface area contributed by atoms with Crippen molar-refractivity contribution in [2.24, 2.45) is 11.8 Å². The number of hydrogen-bond donors (Lipinski definition) is 3. The molecule has 0 spiro atoms. The van der Waals surface area contributed by atoms with Gasteiger partial charge in [-0.25, -0.2) is 4.79 Å². The summed E-state index contributed by atoms with van der Waals surface area (Å²) in [5.74, 6) is 1.33. The summed E-state index contributed by atoms with van der Waals surface area (Å²) in [5.41, 5.74) is 1.36. The van der Waals surface area contributed by atoms with Crippen LogP contribution in [0.15, 0.2) is 30.3 Å². The molecule has 0 bridgehead atoms. The van der Waals surface area contributed by atoms with Gasteiger partial charge in [-0.05, 0) is 29.7 Å². The molecule has 1 aromatic carbocycles. The van der Waals surface area contributed by atoms with Gasteiger partial charge in [0.2, 0.25) is 0 Å². The highest BCUT2D eigenvalue weighted by molar-refractivity contribution is 5.73. The molecular formula is C17H26N2O2. The number of aliphatic hydroxyl groups excluding tert-OH is 1. The summed E-state index contributed by atoms with van der Waals surface area (Å²) in [4.78, 5) is 11.7. The number of benzene rings is 1. The van der Waals surface area contributed by atoms with Crippen molar-refractivity contribution in [1.29, 1.82) is 0 Å². The van der Waals surface area contributed by atoms with Crippen molar-refractivity contribution >= 4 is 6.03 Å². The summed E-state index contributed by atoms with van der Waals surface area (Å²) >= 11 is 0. The van der Waals surface area contributed by atoms with Crippen LogP contribution in [0.4, 0.5) is 4.79 Å². The van der Waals surface area contributed by atoms with Gasteiger partial charge < -0.3 is 15.7 Å². The van der Waals surface area contributed by atoms with Crippen LogP contribution >= 0.6 is 0 Å². The molecular weight excluding hydrogens is 264 g/mol. The van der Waals surface area contributed by atoms with E-state index in [4.69, 9.17) is 0 Å². The van der Waals surface area contributed by atoms with Crippen LogP contribution in [0.25, 0.3) is 0 Å². The van der Waals surface area contributed by atoms with Crippen LogP contribution in [-0.4, -0.2) is 30.3 Å². The van der Waals surface area contributed by atoms with Crippen LogP contribution in [0.3, 0.4) is 0 Å². The third-order valence-corrected chi connectivity index (χ3v) is 4.45. The molecule has 0 radical (unpaired) electrons. The average molecular weight is 290 g/mol. The molecule has 4 unspecified atom stereocenters. The number of aliphatic hydroxyl groups is 1. The Kier molecular flexibility index (Phi) is 5.62. The Balaban J connectivity index is 1.63. The van der Waals surface area contributed by atoms with Crippen LogP contribution in [0, 0.1) is 11.8 Å². The molecule has 1 aliphatic rings. The van der Waals surface area contributed by atoms with E-state index in [1.807, 2.05) is 19.9 Å². The summed E-state index contributed by atoms with van der Waals surface area (Å²) in [6.45, 7) is 5.03. The van der Waals surface area contributed by atoms with Gasteiger partial charge in [-0.15, -0.1) is 0 Å². The van der Waals surface area contributed by atoms with E-state index in [2.05, 4.69) is 34.9 Å². The second-order valence-corrected chi connectivity index (χ2v) is 6.06. The maximum atomic E-state index is 11.7. The molecule has 3 N–H and O–H groups in total. The zero-order valence-electron chi connectivity index (χ0n) is 12.9. The number of hydrogen-bond acceptors (Lipinski definition) is 2. The molecule has 116 valence electrons.